The van der Waals surface area contributed by atoms with Crippen LogP contribution in [0.2, 0.25) is 0 Å². The van der Waals surface area contributed by atoms with Crippen molar-refractivity contribution in [2.45, 2.75) is 36.6 Å². The molecule has 1 aromatic rings. The molecule has 1 aromatic carbocycles. The molecule has 0 atom stereocenters. The van der Waals surface area contributed by atoms with Crippen LogP contribution in [0.25, 0.3) is 0 Å². The summed E-state index contributed by atoms with van der Waals surface area (Å²) in [7, 11) is -3.66. The number of carbonyl (C=O) groups excluding carboxylic acids is 1. The lowest BCUT2D eigenvalue weighted by atomic mass is 10.1. The molecule has 1 saturated carbocycles. The first-order valence-electron chi connectivity index (χ1n) is 7.82. The quantitative estimate of drug-likeness (QED) is 0.897. The van der Waals surface area contributed by atoms with Crippen molar-refractivity contribution in [1.82, 2.24) is 9.62 Å². The molecule has 0 unspecified atom stereocenters. The SMILES string of the molecule is N#Cc1ccccc1S(=O)(=O)N1CCC(NC(=O)C2CC2)CC1. The van der Waals surface area contributed by atoms with Gasteiger partial charge in [-0.3, -0.25) is 4.79 Å². The second kappa shape index (κ2) is 6.30. The molecule has 3 rings (SSSR count). The van der Waals surface area contributed by atoms with E-state index < -0.39 is 10.0 Å². The number of nitrogens with zero attached hydrogens (tertiary/aromatic N) is 2. The second-order valence-electron chi connectivity index (χ2n) is 6.07. The van der Waals surface area contributed by atoms with E-state index in [1.54, 1.807) is 12.1 Å². The van der Waals surface area contributed by atoms with E-state index in [2.05, 4.69) is 5.32 Å². The summed E-state index contributed by atoms with van der Waals surface area (Å²) in [6, 6.07) is 8.22. The number of hydrogen-bond acceptors (Lipinski definition) is 4. The van der Waals surface area contributed by atoms with Crippen molar-refractivity contribution >= 4 is 15.9 Å². The zero-order valence-corrected chi connectivity index (χ0v) is 13.6. The van der Waals surface area contributed by atoms with Crippen LogP contribution in [0.1, 0.15) is 31.2 Å². The highest BCUT2D eigenvalue weighted by molar-refractivity contribution is 7.89. The first-order chi connectivity index (χ1) is 11.0. The van der Waals surface area contributed by atoms with E-state index in [1.165, 1.54) is 16.4 Å². The third kappa shape index (κ3) is 3.38. The molecular formula is C16H19N3O3S. The van der Waals surface area contributed by atoms with Gasteiger partial charge in [0.25, 0.3) is 0 Å². The molecule has 1 aliphatic heterocycles. The largest absolute Gasteiger partial charge is 0.353 e. The topological polar surface area (TPSA) is 90.3 Å². The van der Waals surface area contributed by atoms with Crippen LogP contribution in [0, 0.1) is 17.2 Å². The molecule has 2 fully saturated rings. The lowest BCUT2D eigenvalue weighted by molar-refractivity contribution is -0.123. The minimum Gasteiger partial charge on any atom is -0.353 e. The van der Waals surface area contributed by atoms with E-state index in [4.69, 9.17) is 5.26 Å². The van der Waals surface area contributed by atoms with Crippen LogP contribution in [-0.2, 0) is 14.8 Å². The van der Waals surface area contributed by atoms with E-state index in [1.807, 2.05) is 6.07 Å². The number of hydrogen-bond donors (Lipinski definition) is 1. The van der Waals surface area contributed by atoms with E-state index in [0.29, 0.717) is 25.9 Å². The van der Waals surface area contributed by atoms with Gasteiger partial charge in [-0.25, -0.2) is 8.42 Å². The fourth-order valence-electron chi connectivity index (χ4n) is 2.83. The fourth-order valence-corrected chi connectivity index (χ4v) is 4.44. The highest BCUT2D eigenvalue weighted by Gasteiger charge is 2.34. The van der Waals surface area contributed by atoms with Gasteiger partial charge in [-0.15, -0.1) is 0 Å². The van der Waals surface area contributed by atoms with Crippen LogP contribution < -0.4 is 5.32 Å². The molecule has 122 valence electrons. The van der Waals surface area contributed by atoms with Gasteiger partial charge in [-0.2, -0.15) is 9.57 Å². The van der Waals surface area contributed by atoms with Crippen molar-refractivity contribution in [1.29, 1.82) is 5.26 Å². The minimum atomic E-state index is -3.66. The van der Waals surface area contributed by atoms with Gasteiger partial charge in [0.15, 0.2) is 0 Å². The van der Waals surface area contributed by atoms with Crippen LogP contribution >= 0.6 is 0 Å². The second-order valence-corrected chi connectivity index (χ2v) is 7.98. The number of nitriles is 1. The summed E-state index contributed by atoms with van der Waals surface area (Å²) < 4.78 is 26.8. The highest BCUT2D eigenvalue weighted by Crippen LogP contribution is 2.29. The lowest BCUT2D eigenvalue weighted by Gasteiger charge is -2.31. The van der Waals surface area contributed by atoms with E-state index in [0.717, 1.165) is 12.8 Å². The number of nitrogens with one attached hydrogen (secondary N) is 1. The maximum atomic E-state index is 12.7. The number of rotatable bonds is 4. The minimum absolute atomic E-state index is 0.0424. The fraction of sp³-hybridized carbons (Fsp3) is 0.500. The standard InChI is InChI=1S/C16H19N3O3S/c17-11-13-3-1-2-4-15(13)23(21,22)19-9-7-14(8-10-19)18-16(20)12-5-6-12/h1-4,12,14H,5-10H2,(H,18,20). The van der Waals surface area contributed by atoms with Crippen LogP contribution in [0.15, 0.2) is 29.2 Å². The summed E-state index contributed by atoms with van der Waals surface area (Å²) in [5.41, 5.74) is 0.164. The summed E-state index contributed by atoms with van der Waals surface area (Å²) in [6.07, 6.45) is 3.13. The molecule has 6 nitrogen and oxygen atoms in total. The Morgan fingerprint density at radius 1 is 1.17 bits per heavy atom. The Kier molecular flexibility index (Phi) is 4.37. The molecule has 23 heavy (non-hydrogen) atoms. The molecule has 7 heteroatoms. The monoisotopic (exact) mass is 333 g/mol. The van der Waals surface area contributed by atoms with Gasteiger partial charge in [-0.1, -0.05) is 12.1 Å². The van der Waals surface area contributed by atoms with Gasteiger partial charge >= 0.3 is 0 Å². The Balaban J connectivity index is 1.66. The predicted molar refractivity (Wildman–Crippen MR) is 83.8 cm³/mol. The summed E-state index contributed by atoms with van der Waals surface area (Å²) in [5.74, 6) is 0.264. The van der Waals surface area contributed by atoms with Crippen molar-refractivity contribution in [3.63, 3.8) is 0 Å². The molecule has 1 amide bonds. The summed E-state index contributed by atoms with van der Waals surface area (Å²) in [6.45, 7) is 0.718. The van der Waals surface area contributed by atoms with Gasteiger partial charge in [-0.05, 0) is 37.8 Å². The predicted octanol–water partition coefficient (Wildman–Crippen LogP) is 1.24. The molecule has 1 aliphatic carbocycles. The van der Waals surface area contributed by atoms with Crippen molar-refractivity contribution in [3.05, 3.63) is 29.8 Å². The van der Waals surface area contributed by atoms with Gasteiger partial charge in [0, 0.05) is 25.0 Å². The third-order valence-corrected chi connectivity index (χ3v) is 6.33. The average molecular weight is 333 g/mol. The number of piperidine rings is 1. The molecular weight excluding hydrogens is 314 g/mol. The third-order valence-electron chi connectivity index (χ3n) is 4.37. The Labute approximate surface area is 136 Å². The van der Waals surface area contributed by atoms with Gasteiger partial charge in [0.2, 0.25) is 15.9 Å². The molecule has 2 aliphatic rings. The lowest BCUT2D eigenvalue weighted by Crippen LogP contribution is -2.46. The van der Waals surface area contributed by atoms with Crippen molar-refractivity contribution in [3.8, 4) is 6.07 Å². The van der Waals surface area contributed by atoms with Crippen LogP contribution in [0.4, 0.5) is 0 Å². The van der Waals surface area contributed by atoms with Crippen molar-refractivity contribution in [2.24, 2.45) is 5.92 Å². The Morgan fingerprint density at radius 3 is 2.43 bits per heavy atom. The molecule has 0 radical (unpaired) electrons. The Hall–Kier alpha value is -1.91. The number of sulfonamides is 1. The Morgan fingerprint density at radius 2 is 1.83 bits per heavy atom. The summed E-state index contributed by atoms with van der Waals surface area (Å²) in [5, 5.41) is 12.1. The Bertz CT molecular complexity index is 742. The summed E-state index contributed by atoms with van der Waals surface area (Å²) >= 11 is 0. The van der Waals surface area contributed by atoms with Crippen molar-refractivity contribution in [2.75, 3.05) is 13.1 Å². The number of carbonyl (C=O) groups is 1. The average Bonchev–Trinajstić information content (AvgIpc) is 3.40. The molecule has 0 bridgehead atoms. The van der Waals surface area contributed by atoms with Crippen LogP contribution in [0.3, 0.4) is 0 Å². The van der Waals surface area contributed by atoms with E-state index >= 15 is 0 Å². The molecule has 1 N–H and O–H groups in total. The summed E-state index contributed by atoms with van der Waals surface area (Å²) in [4.78, 5) is 11.8. The highest BCUT2D eigenvalue weighted by atomic mass is 32.2. The molecule has 0 spiro atoms. The molecule has 0 aromatic heterocycles. The molecule has 1 heterocycles. The number of benzene rings is 1. The zero-order chi connectivity index (χ0) is 16.4. The van der Waals surface area contributed by atoms with Crippen molar-refractivity contribution < 1.29 is 13.2 Å². The first-order valence-corrected chi connectivity index (χ1v) is 9.26. The van der Waals surface area contributed by atoms with E-state index in [-0.39, 0.29) is 28.3 Å². The maximum Gasteiger partial charge on any atom is 0.244 e. The molecule has 1 saturated heterocycles. The van der Waals surface area contributed by atoms with Crippen LogP contribution in [0.5, 0.6) is 0 Å². The zero-order valence-electron chi connectivity index (χ0n) is 12.7. The first kappa shape index (κ1) is 16.0. The maximum absolute atomic E-state index is 12.7. The normalized spacial score (nSPS) is 20.0. The van der Waals surface area contributed by atoms with Gasteiger partial charge in [0.1, 0.15) is 6.07 Å². The van der Waals surface area contributed by atoms with Gasteiger partial charge in [0.05, 0.1) is 10.5 Å². The van der Waals surface area contributed by atoms with E-state index in [9.17, 15) is 13.2 Å². The van der Waals surface area contributed by atoms with Crippen LogP contribution in [-0.4, -0.2) is 37.8 Å². The number of amides is 1. The van der Waals surface area contributed by atoms with Gasteiger partial charge < -0.3 is 5.32 Å². The smallest absolute Gasteiger partial charge is 0.244 e.